The van der Waals surface area contributed by atoms with Gasteiger partial charge in [-0.1, -0.05) is 17.7 Å². The van der Waals surface area contributed by atoms with Gasteiger partial charge in [-0.05, 0) is 85.8 Å². The van der Waals surface area contributed by atoms with E-state index in [0.717, 1.165) is 23.3 Å². The first-order valence-corrected chi connectivity index (χ1v) is 8.54. The van der Waals surface area contributed by atoms with E-state index in [2.05, 4.69) is 0 Å². The molecule has 21 heavy (non-hydrogen) atoms. The Bertz CT molecular complexity index is 521. The van der Waals surface area contributed by atoms with Gasteiger partial charge in [0.25, 0.3) is 0 Å². The molecule has 1 atom stereocenters. The lowest BCUT2D eigenvalue weighted by Gasteiger charge is -2.58. The molecule has 5 rings (SSSR count). The molecular formula is C18H22ClFO. The van der Waals surface area contributed by atoms with Gasteiger partial charge in [0, 0.05) is 0 Å². The maximum atomic E-state index is 13.6. The molecule has 4 bridgehead atoms. The quantitative estimate of drug-likeness (QED) is 0.865. The first-order valence-electron chi connectivity index (χ1n) is 8.16. The normalized spacial score (nSPS) is 38.7. The summed E-state index contributed by atoms with van der Waals surface area (Å²) in [5.41, 5.74) is 0.963. The number of halogens is 2. The van der Waals surface area contributed by atoms with Crippen LogP contribution in [0.1, 0.15) is 44.1 Å². The Hall–Kier alpha value is -0.600. The highest BCUT2D eigenvalue weighted by Gasteiger charge is 2.53. The van der Waals surface area contributed by atoms with Crippen LogP contribution in [0.25, 0.3) is 0 Å². The molecule has 3 heteroatoms. The predicted molar refractivity (Wildman–Crippen MR) is 81.7 cm³/mol. The van der Waals surface area contributed by atoms with Crippen LogP contribution in [0.2, 0.25) is 5.02 Å². The minimum absolute atomic E-state index is 0.102. The van der Waals surface area contributed by atoms with Crippen molar-refractivity contribution < 1.29 is 9.50 Å². The second-order valence-corrected chi connectivity index (χ2v) is 8.16. The standard InChI is InChI=1S/C18H22ClFO/c19-15-2-1-11(6-16(15)20)7-17(21)18-8-12-3-13(9-18)5-14(4-12)10-18/h1-2,6,12-14,17,21H,3-5,7-10H2. The lowest BCUT2D eigenvalue weighted by atomic mass is 9.48. The van der Waals surface area contributed by atoms with Gasteiger partial charge >= 0.3 is 0 Å². The van der Waals surface area contributed by atoms with E-state index >= 15 is 0 Å². The third kappa shape index (κ3) is 2.41. The van der Waals surface area contributed by atoms with Crippen LogP contribution in [-0.2, 0) is 6.42 Å². The van der Waals surface area contributed by atoms with Crippen LogP contribution in [0.4, 0.5) is 4.39 Å². The average Bonchev–Trinajstić information content (AvgIpc) is 2.41. The molecule has 4 aliphatic rings. The van der Waals surface area contributed by atoms with E-state index in [1.807, 2.05) is 6.07 Å². The van der Waals surface area contributed by atoms with Crippen LogP contribution in [-0.4, -0.2) is 11.2 Å². The van der Waals surface area contributed by atoms with Gasteiger partial charge in [-0.15, -0.1) is 0 Å². The van der Waals surface area contributed by atoms with Crippen LogP contribution in [0.3, 0.4) is 0 Å². The van der Waals surface area contributed by atoms with Crippen molar-refractivity contribution in [2.24, 2.45) is 23.2 Å². The molecular weight excluding hydrogens is 287 g/mol. The van der Waals surface area contributed by atoms with Gasteiger partial charge in [0.1, 0.15) is 5.82 Å². The summed E-state index contributed by atoms with van der Waals surface area (Å²) in [5, 5.41) is 11.0. The van der Waals surface area contributed by atoms with Crippen molar-refractivity contribution in [2.75, 3.05) is 0 Å². The zero-order valence-corrected chi connectivity index (χ0v) is 13.0. The van der Waals surface area contributed by atoms with E-state index in [4.69, 9.17) is 11.6 Å². The van der Waals surface area contributed by atoms with Gasteiger partial charge < -0.3 is 5.11 Å². The second kappa shape index (κ2) is 4.96. The van der Waals surface area contributed by atoms with Crippen molar-refractivity contribution >= 4 is 11.6 Å². The molecule has 0 radical (unpaired) electrons. The first kappa shape index (κ1) is 14.0. The Kier molecular flexibility index (Phi) is 3.31. The van der Waals surface area contributed by atoms with E-state index in [1.54, 1.807) is 6.07 Å². The highest BCUT2D eigenvalue weighted by Crippen LogP contribution is 2.61. The first-order chi connectivity index (χ1) is 10.0. The third-order valence-corrected chi connectivity index (χ3v) is 6.51. The van der Waals surface area contributed by atoms with E-state index in [-0.39, 0.29) is 22.4 Å². The largest absolute Gasteiger partial charge is 0.392 e. The average molecular weight is 309 g/mol. The number of benzene rings is 1. The number of hydrogen-bond donors (Lipinski definition) is 1. The van der Waals surface area contributed by atoms with Gasteiger partial charge in [-0.3, -0.25) is 0 Å². The topological polar surface area (TPSA) is 20.2 Å². The monoisotopic (exact) mass is 308 g/mol. The van der Waals surface area contributed by atoms with Crippen LogP contribution in [0.5, 0.6) is 0 Å². The van der Waals surface area contributed by atoms with Crippen molar-refractivity contribution in [2.45, 2.75) is 51.0 Å². The summed E-state index contributed by atoms with van der Waals surface area (Å²) in [6.07, 6.45) is 7.87. The SMILES string of the molecule is OC(Cc1ccc(Cl)c(F)c1)C12CC3CC(CC(C3)C1)C2. The molecule has 1 aromatic carbocycles. The molecule has 0 aromatic heterocycles. The maximum Gasteiger partial charge on any atom is 0.142 e. The molecule has 1 aromatic rings. The molecule has 0 spiro atoms. The third-order valence-electron chi connectivity index (χ3n) is 6.21. The number of aliphatic hydroxyl groups excluding tert-OH is 1. The van der Waals surface area contributed by atoms with Gasteiger partial charge in [-0.25, -0.2) is 4.39 Å². The van der Waals surface area contributed by atoms with Crippen molar-refractivity contribution in [3.05, 3.63) is 34.6 Å². The summed E-state index contributed by atoms with van der Waals surface area (Å²) in [6.45, 7) is 0. The van der Waals surface area contributed by atoms with Crippen molar-refractivity contribution in [1.29, 1.82) is 0 Å². The molecule has 4 fully saturated rings. The Labute approximate surface area is 130 Å². The van der Waals surface area contributed by atoms with Crippen LogP contribution < -0.4 is 0 Å². The van der Waals surface area contributed by atoms with Gasteiger partial charge in [0.15, 0.2) is 0 Å². The fourth-order valence-corrected chi connectivity index (χ4v) is 5.81. The molecule has 0 saturated heterocycles. The molecule has 4 saturated carbocycles. The van der Waals surface area contributed by atoms with Crippen LogP contribution >= 0.6 is 11.6 Å². The minimum Gasteiger partial charge on any atom is -0.392 e. The number of rotatable bonds is 3. The molecule has 0 amide bonds. The summed E-state index contributed by atoms with van der Waals surface area (Å²) < 4.78 is 13.6. The Morgan fingerprint density at radius 1 is 1.14 bits per heavy atom. The van der Waals surface area contributed by atoms with E-state index in [1.165, 1.54) is 44.6 Å². The molecule has 1 N–H and O–H groups in total. The van der Waals surface area contributed by atoms with Crippen molar-refractivity contribution in [3.63, 3.8) is 0 Å². The van der Waals surface area contributed by atoms with E-state index < -0.39 is 0 Å². The fraction of sp³-hybridized carbons (Fsp3) is 0.667. The minimum atomic E-state index is -0.383. The number of aliphatic hydroxyl groups is 1. The van der Waals surface area contributed by atoms with E-state index in [9.17, 15) is 9.50 Å². The highest BCUT2D eigenvalue weighted by molar-refractivity contribution is 6.30. The molecule has 1 unspecified atom stereocenters. The highest BCUT2D eigenvalue weighted by atomic mass is 35.5. The maximum absolute atomic E-state index is 13.6. The summed E-state index contributed by atoms with van der Waals surface area (Å²) in [4.78, 5) is 0. The molecule has 114 valence electrons. The Morgan fingerprint density at radius 2 is 1.71 bits per heavy atom. The molecule has 4 aliphatic carbocycles. The molecule has 0 heterocycles. The summed E-state index contributed by atoms with van der Waals surface area (Å²) in [5.74, 6) is 2.10. The Morgan fingerprint density at radius 3 is 2.24 bits per heavy atom. The van der Waals surface area contributed by atoms with E-state index in [0.29, 0.717) is 6.42 Å². The predicted octanol–water partition coefficient (Wildman–Crippen LogP) is 4.60. The summed E-state index contributed by atoms with van der Waals surface area (Å²) in [7, 11) is 0. The van der Waals surface area contributed by atoms with Gasteiger partial charge in [0.05, 0.1) is 11.1 Å². The van der Waals surface area contributed by atoms with Crippen molar-refractivity contribution in [1.82, 2.24) is 0 Å². The van der Waals surface area contributed by atoms with Gasteiger partial charge in [-0.2, -0.15) is 0 Å². The molecule has 1 nitrogen and oxygen atoms in total. The lowest BCUT2D eigenvalue weighted by molar-refractivity contribution is -0.119. The van der Waals surface area contributed by atoms with Crippen LogP contribution in [0.15, 0.2) is 18.2 Å². The summed E-state index contributed by atoms with van der Waals surface area (Å²) in [6, 6.07) is 4.92. The molecule has 0 aliphatic heterocycles. The smallest absolute Gasteiger partial charge is 0.142 e. The lowest BCUT2D eigenvalue weighted by Crippen LogP contribution is -2.52. The van der Waals surface area contributed by atoms with Crippen LogP contribution in [0, 0.1) is 29.0 Å². The second-order valence-electron chi connectivity index (χ2n) is 7.75. The zero-order chi connectivity index (χ0) is 14.6. The number of hydrogen-bond acceptors (Lipinski definition) is 1. The van der Waals surface area contributed by atoms with Gasteiger partial charge in [0.2, 0.25) is 0 Å². The zero-order valence-electron chi connectivity index (χ0n) is 12.2. The summed E-state index contributed by atoms with van der Waals surface area (Å²) >= 11 is 5.74. The Balaban J connectivity index is 1.54. The fourth-order valence-electron chi connectivity index (χ4n) is 5.69. The van der Waals surface area contributed by atoms with Crippen molar-refractivity contribution in [3.8, 4) is 0 Å².